The minimum absolute atomic E-state index is 0.0418. The van der Waals surface area contributed by atoms with Crippen LogP contribution >= 0.6 is 0 Å². The Morgan fingerprint density at radius 3 is 2.36 bits per heavy atom. The molecular weight excluding hydrogens is 325 g/mol. The molecule has 0 N–H and O–H groups in total. The quantitative estimate of drug-likeness (QED) is 0.805. The van der Waals surface area contributed by atoms with Crippen LogP contribution < -0.4 is 0 Å². The number of morpholine rings is 2. The second-order valence-corrected chi connectivity index (χ2v) is 6.35. The van der Waals surface area contributed by atoms with Crippen LogP contribution in [0.25, 0.3) is 0 Å². The molecule has 1 aromatic carbocycles. The summed E-state index contributed by atoms with van der Waals surface area (Å²) in [5.74, 6) is -0.270. The van der Waals surface area contributed by atoms with E-state index in [-0.39, 0.29) is 18.4 Å². The predicted octanol–water partition coefficient (Wildman–Crippen LogP) is 1.41. The van der Waals surface area contributed by atoms with Gasteiger partial charge in [-0.15, -0.1) is 0 Å². The summed E-state index contributed by atoms with van der Waals surface area (Å²) in [5, 5.41) is 0. The van der Waals surface area contributed by atoms with Crippen molar-refractivity contribution in [2.45, 2.75) is 6.54 Å². The van der Waals surface area contributed by atoms with Gasteiger partial charge in [-0.05, 0) is 6.07 Å². The van der Waals surface area contributed by atoms with Gasteiger partial charge in [0.15, 0.2) is 0 Å². The van der Waals surface area contributed by atoms with Crippen molar-refractivity contribution in [2.24, 2.45) is 0 Å². The summed E-state index contributed by atoms with van der Waals surface area (Å²) in [7, 11) is 0. The van der Waals surface area contributed by atoms with Crippen molar-refractivity contribution in [1.29, 1.82) is 0 Å². The van der Waals surface area contributed by atoms with Gasteiger partial charge in [-0.3, -0.25) is 4.90 Å². The number of urea groups is 1. The van der Waals surface area contributed by atoms with E-state index in [0.717, 1.165) is 32.8 Å². The van der Waals surface area contributed by atoms with Gasteiger partial charge in [0, 0.05) is 44.8 Å². The zero-order valence-electron chi connectivity index (χ0n) is 14.5. The SMILES string of the molecule is O=C(N1CCOCC1)N(CCN1CCOCC1)Cc1ccccc1F. The van der Waals surface area contributed by atoms with E-state index in [9.17, 15) is 9.18 Å². The lowest BCUT2D eigenvalue weighted by Crippen LogP contribution is -2.50. The van der Waals surface area contributed by atoms with Crippen LogP contribution in [0.5, 0.6) is 0 Å². The average Bonchev–Trinajstić information content (AvgIpc) is 2.67. The number of amides is 2. The Kier molecular flexibility index (Phi) is 6.61. The molecule has 2 fully saturated rings. The lowest BCUT2D eigenvalue weighted by atomic mass is 10.2. The monoisotopic (exact) mass is 351 g/mol. The Hall–Kier alpha value is -1.70. The zero-order valence-corrected chi connectivity index (χ0v) is 14.5. The number of hydrogen-bond donors (Lipinski definition) is 0. The molecule has 0 spiro atoms. The number of halogens is 1. The maximum atomic E-state index is 14.1. The number of hydrogen-bond acceptors (Lipinski definition) is 4. The van der Waals surface area contributed by atoms with Crippen molar-refractivity contribution < 1.29 is 18.7 Å². The van der Waals surface area contributed by atoms with E-state index in [4.69, 9.17) is 9.47 Å². The highest BCUT2D eigenvalue weighted by molar-refractivity contribution is 5.74. The van der Waals surface area contributed by atoms with E-state index >= 15 is 0 Å². The molecule has 1 aromatic rings. The van der Waals surface area contributed by atoms with Crippen LogP contribution in [-0.4, -0.2) is 86.4 Å². The fourth-order valence-electron chi connectivity index (χ4n) is 3.12. The fraction of sp³-hybridized carbons (Fsp3) is 0.611. The maximum Gasteiger partial charge on any atom is 0.320 e. The first-order valence-corrected chi connectivity index (χ1v) is 8.89. The Balaban J connectivity index is 1.65. The topological polar surface area (TPSA) is 45.2 Å². The van der Waals surface area contributed by atoms with Gasteiger partial charge in [0.2, 0.25) is 0 Å². The largest absolute Gasteiger partial charge is 0.379 e. The molecule has 2 saturated heterocycles. The molecule has 0 atom stereocenters. The molecule has 2 aliphatic heterocycles. The number of ether oxygens (including phenoxy) is 2. The molecule has 2 heterocycles. The third-order valence-electron chi connectivity index (χ3n) is 4.66. The van der Waals surface area contributed by atoms with Crippen molar-refractivity contribution in [1.82, 2.24) is 14.7 Å². The number of carbonyl (C=O) groups excluding carboxylic acids is 1. The van der Waals surface area contributed by atoms with E-state index < -0.39 is 0 Å². The average molecular weight is 351 g/mol. The van der Waals surface area contributed by atoms with Crippen LogP contribution in [0.15, 0.2) is 24.3 Å². The Labute approximate surface area is 148 Å². The number of rotatable bonds is 5. The van der Waals surface area contributed by atoms with Crippen LogP contribution in [0.1, 0.15) is 5.56 Å². The Bertz CT molecular complexity index is 560. The molecule has 0 aliphatic carbocycles. The molecule has 3 rings (SSSR count). The van der Waals surface area contributed by atoms with Gasteiger partial charge in [-0.2, -0.15) is 0 Å². The van der Waals surface area contributed by atoms with E-state index in [1.165, 1.54) is 6.07 Å². The highest BCUT2D eigenvalue weighted by Gasteiger charge is 2.24. The van der Waals surface area contributed by atoms with Gasteiger partial charge in [0.1, 0.15) is 5.82 Å². The molecular formula is C18H26FN3O3. The Morgan fingerprint density at radius 1 is 1.04 bits per heavy atom. The number of nitrogens with zero attached hydrogens (tertiary/aromatic N) is 3. The third-order valence-corrected chi connectivity index (χ3v) is 4.66. The van der Waals surface area contributed by atoms with E-state index in [2.05, 4.69) is 4.90 Å². The summed E-state index contributed by atoms with van der Waals surface area (Å²) in [6, 6.07) is 6.61. The molecule has 6 nitrogen and oxygen atoms in total. The van der Waals surface area contributed by atoms with E-state index in [1.807, 2.05) is 0 Å². The minimum atomic E-state index is -0.270. The van der Waals surface area contributed by atoms with Gasteiger partial charge in [-0.25, -0.2) is 9.18 Å². The summed E-state index contributed by atoms with van der Waals surface area (Å²) >= 11 is 0. The van der Waals surface area contributed by atoms with Gasteiger partial charge in [-0.1, -0.05) is 18.2 Å². The molecule has 25 heavy (non-hydrogen) atoms. The maximum absolute atomic E-state index is 14.1. The van der Waals surface area contributed by atoms with Crippen LogP contribution in [0.3, 0.4) is 0 Å². The molecule has 0 unspecified atom stereocenters. The second-order valence-electron chi connectivity index (χ2n) is 6.35. The molecule has 138 valence electrons. The third kappa shape index (κ3) is 5.14. The molecule has 2 aliphatic rings. The second kappa shape index (κ2) is 9.12. The molecule has 7 heteroatoms. The van der Waals surface area contributed by atoms with Crippen molar-refractivity contribution in [3.63, 3.8) is 0 Å². The van der Waals surface area contributed by atoms with Crippen molar-refractivity contribution >= 4 is 6.03 Å². The standard InChI is InChI=1S/C18H26FN3O3/c19-17-4-2-1-3-16(17)15-22(6-5-20-7-11-24-12-8-20)18(23)21-9-13-25-14-10-21/h1-4H,5-15H2. The fourth-order valence-corrected chi connectivity index (χ4v) is 3.12. The van der Waals surface area contributed by atoms with Crippen molar-refractivity contribution in [3.8, 4) is 0 Å². The summed E-state index contributed by atoms with van der Waals surface area (Å²) < 4.78 is 24.7. The van der Waals surface area contributed by atoms with E-state index in [0.29, 0.717) is 38.4 Å². The lowest BCUT2D eigenvalue weighted by molar-refractivity contribution is 0.0279. The molecule has 0 bridgehead atoms. The first-order valence-electron chi connectivity index (χ1n) is 8.89. The first kappa shape index (κ1) is 18.1. The molecule has 0 radical (unpaired) electrons. The number of benzene rings is 1. The first-order chi connectivity index (χ1) is 12.2. The summed E-state index contributed by atoms with van der Waals surface area (Å²) in [5.41, 5.74) is 0.547. The van der Waals surface area contributed by atoms with Gasteiger partial charge >= 0.3 is 6.03 Å². The predicted molar refractivity (Wildman–Crippen MR) is 91.9 cm³/mol. The minimum Gasteiger partial charge on any atom is -0.379 e. The smallest absolute Gasteiger partial charge is 0.320 e. The van der Waals surface area contributed by atoms with Crippen LogP contribution in [0.4, 0.5) is 9.18 Å². The zero-order chi connectivity index (χ0) is 17.5. The van der Waals surface area contributed by atoms with Crippen LogP contribution in [0.2, 0.25) is 0 Å². The Morgan fingerprint density at radius 2 is 1.68 bits per heavy atom. The molecule has 0 saturated carbocycles. The highest BCUT2D eigenvalue weighted by Crippen LogP contribution is 2.13. The summed E-state index contributed by atoms with van der Waals surface area (Å²) in [4.78, 5) is 18.7. The van der Waals surface area contributed by atoms with Gasteiger partial charge in [0.05, 0.1) is 33.0 Å². The van der Waals surface area contributed by atoms with Crippen molar-refractivity contribution in [2.75, 3.05) is 65.7 Å². The van der Waals surface area contributed by atoms with Crippen LogP contribution in [0, 0.1) is 5.82 Å². The summed E-state index contributed by atoms with van der Waals surface area (Å²) in [6.07, 6.45) is 0. The van der Waals surface area contributed by atoms with Gasteiger partial charge < -0.3 is 19.3 Å². The molecule has 0 aromatic heterocycles. The lowest BCUT2D eigenvalue weighted by Gasteiger charge is -2.35. The van der Waals surface area contributed by atoms with Gasteiger partial charge in [0.25, 0.3) is 0 Å². The normalized spacial score (nSPS) is 19.0. The van der Waals surface area contributed by atoms with Crippen molar-refractivity contribution in [3.05, 3.63) is 35.6 Å². The number of carbonyl (C=O) groups is 1. The van der Waals surface area contributed by atoms with E-state index in [1.54, 1.807) is 28.0 Å². The molecule has 2 amide bonds. The highest BCUT2D eigenvalue weighted by atomic mass is 19.1. The summed E-state index contributed by atoms with van der Waals surface area (Å²) in [6.45, 7) is 7.12. The van der Waals surface area contributed by atoms with Crippen LogP contribution in [-0.2, 0) is 16.0 Å².